The molecule has 1 N–H and O–H groups in total. The molecular weight excluding hydrogens is 294 g/mol. The molecule has 0 radical (unpaired) electrons. The van der Waals surface area contributed by atoms with E-state index in [0.717, 1.165) is 42.0 Å². The van der Waals surface area contributed by atoms with Gasteiger partial charge in [-0.2, -0.15) is 0 Å². The van der Waals surface area contributed by atoms with E-state index in [2.05, 4.69) is 44.6 Å². The molecule has 0 amide bonds. The van der Waals surface area contributed by atoms with E-state index < -0.39 is 0 Å². The summed E-state index contributed by atoms with van der Waals surface area (Å²) in [5.74, 6) is 0.920. The molecule has 1 fully saturated rings. The Morgan fingerprint density at radius 3 is 2.56 bits per heavy atom. The third-order valence-corrected chi connectivity index (χ3v) is 3.86. The van der Waals surface area contributed by atoms with Crippen LogP contribution in [0.3, 0.4) is 0 Å². The zero-order valence-electron chi connectivity index (χ0n) is 10.9. The second-order valence-electron chi connectivity index (χ2n) is 4.91. The van der Waals surface area contributed by atoms with E-state index in [1.807, 2.05) is 6.07 Å². The first-order chi connectivity index (χ1) is 8.61. The molecule has 2 heterocycles. The number of piperazine rings is 1. The largest absolute Gasteiger partial charge is 0.392 e. The summed E-state index contributed by atoms with van der Waals surface area (Å²) in [6, 6.07) is 2.54. The smallest absolute Gasteiger partial charge is 0.134 e. The van der Waals surface area contributed by atoms with Crippen LogP contribution in [-0.4, -0.2) is 47.2 Å². The predicted octanol–water partition coefficient (Wildman–Crippen LogP) is 1.87. The maximum absolute atomic E-state index is 9.42. The Labute approximate surface area is 117 Å². The lowest BCUT2D eigenvalue weighted by Gasteiger charge is -2.38. The highest BCUT2D eigenvalue weighted by atomic mass is 79.9. The summed E-state index contributed by atoms with van der Waals surface area (Å²) in [6.07, 6.45) is 1.79. The second-order valence-corrected chi connectivity index (χ2v) is 5.83. The maximum atomic E-state index is 9.42. The van der Waals surface area contributed by atoms with Crippen molar-refractivity contribution in [3.63, 3.8) is 0 Å². The molecule has 1 saturated heterocycles. The molecule has 1 aromatic heterocycles. The van der Waals surface area contributed by atoms with Gasteiger partial charge < -0.3 is 10.0 Å². The van der Waals surface area contributed by atoms with Crippen LogP contribution in [0.15, 0.2) is 16.7 Å². The molecule has 1 aliphatic rings. The second kappa shape index (κ2) is 5.99. The molecule has 0 spiro atoms. The lowest BCUT2D eigenvalue weighted by Crippen LogP contribution is -2.49. The fourth-order valence-electron chi connectivity index (χ4n) is 2.33. The fraction of sp³-hybridized carbons (Fsp3) is 0.615. The molecule has 1 aromatic rings. The summed E-state index contributed by atoms with van der Waals surface area (Å²) in [7, 11) is 0. The molecule has 0 aromatic carbocycles. The summed E-state index contributed by atoms with van der Waals surface area (Å²) in [5, 5.41) is 9.42. The van der Waals surface area contributed by atoms with Crippen LogP contribution in [-0.2, 0) is 6.61 Å². The van der Waals surface area contributed by atoms with Crippen molar-refractivity contribution < 1.29 is 5.11 Å². The van der Waals surface area contributed by atoms with Gasteiger partial charge in [0.2, 0.25) is 0 Å². The minimum absolute atomic E-state index is 0.0339. The van der Waals surface area contributed by atoms with Gasteiger partial charge in [0.05, 0.1) is 6.61 Å². The Bertz CT molecular complexity index is 403. The third kappa shape index (κ3) is 3.02. The normalized spacial score (nSPS) is 17.5. The van der Waals surface area contributed by atoms with Gasteiger partial charge in [-0.1, -0.05) is 0 Å². The van der Waals surface area contributed by atoms with Crippen molar-refractivity contribution in [2.75, 3.05) is 31.1 Å². The highest BCUT2D eigenvalue weighted by Gasteiger charge is 2.21. The van der Waals surface area contributed by atoms with Gasteiger partial charge in [-0.3, -0.25) is 4.90 Å². The molecule has 18 heavy (non-hydrogen) atoms. The number of rotatable bonds is 3. The van der Waals surface area contributed by atoms with Crippen molar-refractivity contribution in [1.29, 1.82) is 0 Å². The predicted molar refractivity (Wildman–Crippen MR) is 76.8 cm³/mol. The van der Waals surface area contributed by atoms with Crippen molar-refractivity contribution in [2.24, 2.45) is 0 Å². The minimum atomic E-state index is 0.0339. The summed E-state index contributed by atoms with van der Waals surface area (Å²) in [4.78, 5) is 9.17. The molecule has 4 nitrogen and oxygen atoms in total. The molecule has 2 rings (SSSR count). The Morgan fingerprint density at radius 1 is 1.33 bits per heavy atom. The van der Waals surface area contributed by atoms with Gasteiger partial charge >= 0.3 is 0 Å². The average Bonchev–Trinajstić information content (AvgIpc) is 2.38. The zero-order chi connectivity index (χ0) is 13.1. The highest BCUT2D eigenvalue weighted by Crippen LogP contribution is 2.23. The van der Waals surface area contributed by atoms with E-state index in [1.54, 1.807) is 6.20 Å². The zero-order valence-corrected chi connectivity index (χ0v) is 12.5. The molecule has 0 atom stereocenters. The van der Waals surface area contributed by atoms with Crippen LogP contribution in [0, 0.1) is 0 Å². The summed E-state index contributed by atoms with van der Waals surface area (Å²) in [5.41, 5.74) is 0.891. The molecule has 5 heteroatoms. The van der Waals surface area contributed by atoms with Crippen molar-refractivity contribution in [1.82, 2.24) is 9.88 Å². The Hall–Kier alpha value is -0.650. The van der Waals surface area contributed by atoms with Gasteiger partial charge in [0.25, 0.3) is 0 Å². The molecule has 0 aliphatic carbocycles. The van der Waals surface area contributed by atoms with Crippen molar-refractivity contribution >= 4 is 21.7 Å². The lowest BCUT2D eigenvalue weighted by molar-refractivity contribution is 0.208. The van der Waals surface area contributed by atoms with Crippen molar-refractivity contribution in [2.45, 2.75) is 26.5 Å². The molecule has 0 unspecified atom stereocenters. The number of anilines is 1. The van der Waals surface area contributed by atoms with Gasteiger partial charge in [-0.25, -0.2) is 4.98 Å². The quantitative estimate of drug-likeness (QED) is 0.924. The first kappa shape index (κ1) is 13.8. The van der Waals surface area contributed by atoms with E-state index in [0.29, 0.717) is 6.04 Å². The summed E-state index contributed by atoms with van der Waals surface area (Å²) >= 11 is 3.39. The first-order valence-electron chi connectivity index (χ1n) is 6.36. The van der Waals surface area contributed by atoms with E-state index in [1.165, 1.54) is 0 Å². The number of aromatic nitrogens is 1. The fourth-order valence-corrected chi connectivity index (χ4v) is 2.70. The number of aliphatic hydroxyl groups is 1. The van der Waals surface area contributed by atoms with Crippen LogP contribution >= 0.6 is 15.9 Å². The SMILES string of the molecule is CC(C)N1CCN(c2ncc(Br)cc2CO)CC1. The van der Waals surface area contributed by atoms with Crippen LogP contribution in [0.5, 0.6) is 0 Å². The van der Waals surface area contributed by atoms with Gasteiger partial charge in [-0.15, -0.1) is 0 Å². The Kier molecular flexibility index (Phi) is 4.59. The van der Waals surface area contributed by atoms with E-state index in [4.69, 9.17) is 0 Å². The van der Waals surface area contributed by atoms with Gasteiger partial charge in [0, 0.05) is 48.5 Å². The number of pyridine rings is 1. The van der Waals surface area contributed by atoms with Crippen LogP contribution in [0.2, 0.25) is 0 Å². The average molecular weight is 314 g/mol. The number of aliphatic hydroxyl groups excluding tert-OH is 1. The summed E-state index contributed by atoms with van der Waals surface area (Å²) < 4.78 is 0.913. The third-order valence-electron chi connectivity index (χ3n) is 3.42. The Morgan fingerprint density at radius 2 is 2.00 bits per heavy atom. The van der Waals surface area contributed by atoms with Gasteiger partial charge in [-0.05, 0) is 35.8 Å². The minimum Gasteiger partial charge on any atom is -0.392 e. The van der Waals surface area contributed by atoms with Crippen LogP contribution in [0.1, 0.15) is 19.4 Å². The van der Waals surface area contributed by atoms with E-state index in [9.17, 15) is 5.11 Å². The van der Waals surface area contributed by atoms with Crippen LogP contribution in [0.4, 0.5) is 5.82 Å². The summed E-state index contributed by atoms with van der Waals surface area (Å²) in [6.45, 7) is 8.55. The van der Waals surface area contributed by atoms with Gasteiger partial charge in [0.1, 0.15) is 5.82 Å². The van der Waals surface area contributed by atoms with Crippen LogP contribution < -0.4 is 4.90 Å². The molecule has 0 saturated carbocycles. The van der Waals surface area contributed by atoms with E-state index in [-0.39, 0.29) is 6.61 Å². The van der Waals surface area contributed by atoms with Crippen molar-refractivity contribution in [3.8, 4) is 0 Å². The number of halogens is 1. The molecular formula is C13H20BrN3O. The number of nitrogens with zero attached hydrogens (tertiary/aromatic N) is 3. The van der Waals surface area contributed by atoms with E-state index >= 15 is 0 Å². The highest BCUT2D eigenvalue weighted by molar-refractivity contribution is 9.10. The maximum Gasteiger partial charge on any atom is 0.134 e. The number of hydrogen-bond donors (Lipinski definition) is 1. The standard InChI is InChI=1S/C13H20BrN3O/c1-10(2)16-3-5-17(6-4-16)13-11(9-18)7-12(14)8-15-13/h7-8,10,18H,3-6,9H2,1-2H3. The molecule has 1 aliphatic heterocycles. The molecule has 0 bridgehead atoms. The number of hydrogen-bond acceptors (Lipinski definition) is 4. The first-order valence-corrected chi connectivity index (χ1v) is 7.15. The van der Waals surface area contributed by atoms with Crippen molar-refractivity contribution in [3.05, 3.63) is 22.3 Å². The topological polar surface area (TPSA) is 39.6 Å². The Balaban J connectivity index is 2.09. The van der Waals surface area contributed by atoms with Crippen LogP contribution in [0.25, 0.3) is 0 Å². The monoisotopic (exact) mass is 313 g/mol. The molecule has 100 valence electrons. The lowest BCUT2D eigenvalue weighted by atomic mass is 10.2. The van der Waals surface area contributed by atoms with Gasteiger partial charge in [0.15, 0.2) is 0 Å².